The van der Waals surface area contributed by atoms with Gasteiger partial charge < -0.3 is 10.1 Å². The lowest BCUT2D eigenvalue weighted by molar-refractivity contribution is 0.102. The van der Waals surface area contributed by atoms with Gasteiger partial charge in [0, 0.05) is 16.6 Å². The Kier molecular flexibility index (Phi) is 6.14. The number of nitrogens with zero attached hydrogens (tertiary/aromatic N) is 2. The summed E-state index contributed by atoms with van der Waals surface area (Å²) < 4.78 is 5.90. The van der Waals surface area contributed by atoms with E-state index in [0.717, 1.165) is 27.6 Å². The van der Waals surface area contributed by atoms with Crippen molar-refractivity contribution >= 4 is 22.5 Å². The maximum Gasteiger partial charge on any atom is 0.257 e. The highest BCUT2D eigenvalue weighted by atomic mass is 16.5. The lowest BCUT2D eigenvalue weighted by Crippen LogP contribution is -2.16. The van der Waals surface area contributed by atoms with Crippen LogP contribution in [0.5, 0.6) is 5.75 Å². The maximum absolute atomic E-state index is 13.1. The summed E-state index contributed by atoms with van der Waals surface area (Å²) in [5.74, 6) is 0.503. The van der Waals surface area contributed by atoms with E-state index in [4.69, 9.17) is 10.00 Å². The van der Waals surface area contributed by atoms with E-state index in [9.17, 15) is 4.79 Å². The third-order valence-electron chi connectivity index (χ3n) is 5.27. The van der Waals surface area contributed by atoms with Gasteiger partial charge in [-0.2, -0.15) is 5.26 Å². The molecule has 5 nitrogen and oxygen atoms in total. The van der Waals surface area contributed by atoms with Gasteiger partial charge in [-0.1, -0.05) is 42.5 Å². The molecule has 4 aromatic rings. The van der Waals surface area contributed by atoms with Crippen molar-refractivity contribution in [2.75, 3.05) is 5.32 Å². The molecular weight excluding hydrogens is 398 g/mol. The lowest BCUT2D eigenvalue weighted by atomic mass is 10.1. The van der Waals surface area contributed by atoms with Crippen LogP contribution in [0.4, 0.5) is 5.69 Å². The van der Waals surface area contributed by atoms with Gasteiger partial charge in [-0.15, -0.1) is 0 Å². The number of carbonyl (C=O) groups excluding carboxylic acids is 1. The Labute approximate surface area is 187 Å². The smallest absolute Gasteiger partial charge is 0.257 e. The molecule has 0 atom stereocenters. The zero-order chi connectivity index (χ0) is 22.5. The maximum atomic E-state index is 13.1. The van der Waals surface area contributed by atoms with E-state index >= 15 is 0 Å². The van der Waals surface area contributed by atoms with Crippen LogP contribution in [0.2, 0.25) is 0 Å². The SMILES string of the molecule is Cc1ccc2cc(C(=O)Nc3ccccc3COc3ccc(CC#N)cc3)c(C)nc2c1. The topological polar surface area (TPSA) is 75.0 Å². The number of pyridine rings is 1. The number of anilines is 1. The summed E-state index contributed by atoms with van der Waals surface area (Å²) in [6, 6.07) is 25.1. The fraction of sp³-hybridized carbons (Fsp3) is 0.148. The van der Waals surface area contributed by atoms with Crippen LogP contribution in [0, 0.1) is 25.2 Å². The van der Waals surface area contributed by atoms with Gasteiger partial charge in [0.1, 0.15) is 12.4 Å². The molecule has 0 aliphatic heterocycles. The van der Waals surface area contributed by atoms with Crippen molar-refractivity contribution in [1.29, 1.82) is 5.26 Å². The first kappa shape index (κ1) is 21.1. The predicted molar refractivity (Wildman–Crippen MR) is 126 cm³/mol. The highest BCUT2D eigenvalue weighted by molar-refractivity contribution is 6.07. The summed E-state index contributed by atoms with van der Waals surface area (Å²) in [5.41, 5.74) is 5.76. The van der Waals surface area contributed by atoms with Crippen LogP contribution in [-0.4, -0.2) is 10.9 Å². The largest absolute Gasteiger partial charge is 0.489 e. The Morgan fingerprint density at radius 1 is 1.03 bits per heavy atom. The second-order valence-corrected chi connectivity index (χ2v) is 7.70. The van der Waals surface area contributed by atoms with Crippen molar-refractivity contribution in [2.45, 2.75) is 26.9 Å². The van der Waals surface area contributed by atoms with Crippen LogP contribution in [0.3, 0.4) is 0 Å². The van der Waals surface area contributed by atoms with E-state index in [1.54, 1.807) is 0 Å². The quantitative estimate of drug-likeness (QED) is 0.430. The number of hydrogen-bond donors (Lipinski definition) is 1. The standard InChI is InChI=1S/C27H23N3O2/c1-18-7-10-21-16-24(19(2)29-26(21)15-18)27(31)30-25-6-4-3-5-22(25)17-32-23-11-8-20(9-12-23)13-14-28/h3-12,15-16H,13,17H2,1-2H3,(H,30,31). The third kappa shape index (κ3) is 4.76. The summed E-state index contributed by atoms with van der Waals surface area (Å²) in [6.07, 6.45) is 0.373. The third-order valence-corrected chi connectivity index (χ3v) is 5.27. The molecule has 0 saturated heterocycles. The first-order valence-corrected chi connectivity index (χ1v) is 10.4. The molecule has 0 radical (unpaired) electrons. The number of amides is 1. The number of nitrogens with one attached hydrogen (secondary N) is 1. The molecule has 3 aromatic carbocycles. The van der Waals surface area contributed by atoms with Crippen molar-refractivity contribution in [3.05, 3.63) is 101 Å². The molecule has 1 N–H and O–H groups in total. The predicted octanol–water partition coefficient (Wildman–Crippen LogP) is 5.75. The average Bonchev–Trinajstić information content (AvgIpc) is 2.79. The van der Waals surface area contributed by atoms with Crippen LogP contribution in [0.25, 0.3) is 10.9 Å². The molecule has 0 bridgehead atoms. The van der Waals surface area contributed by atoms with Gasteiger partial charge in [0.05, 0.1) is 29.3 Å². The van der Waals surface area contributed by atoms with Gasteiger partial charge in [0.25, 0.3) is 5.91 Å². The van der Waals surface area contributed by atoms with Gasteiger partial charge in [-0.05, 0) is 55.3 Å². The van der Waals surface area contributed by atoms with E-state index < -0.39 is 0 Å². The van der Waals surface area contributed by atoms with Crippen molar-refractivity contribution in [2.24, 2.45) is 0 Å². The van der Waals surface area contributed by atoms with Crippen LogP contribution in [-0.2, 0) is 13.0 Å². The number of carbonyl (C=O) groups is 1. The highest BCUT2D eigenvalue weighted by Gasteiger charge is 2.14. The summed E-state index contributed by atoms with van der Waals surface area (Å²) in [7, 11) is 0. The summed E-state index contributed by atoms with van der Waals surface area (Å²) in [4.78, 5) is 17.7. The summed E-state index contributed by atoms with van der Waals surface area (Å²) in [5, 5.41) is 12.7. The van der Waals surface area contributed by atoms with E-state index in [1.807, 2.05) is 86.6 Å². The zero-order valence-corrected chi connectivity index (χ0v) is 18.1. The molecule has 5 heteroatoms. The molecule has 0 spiro atoms. The van der Waals surface area contributed by atoms with E-state index in [2.05, 4.69) is 16.4 Å². The monoisotopic (exact) mass is 421 g/mol. The average molecular weight is 422 g/mol. The Balaban J connectivity index is 1.51. The normalized spacial score (nSPS) is 10.5. The minimum Gasteiger partial charge on any atom is -0.489 e. The number of hydrogen-bond acceptors (Lipinski definition) is 4. The molecule has 1 aromatic heterocycles. The van der Waals surface area contributed by atoms with Crippen LogP contribution >= 0.6 is 0 Å². The second kappa shape index (κ2) is 9.32. The van der Waals surface area contributed by atoms with Crippen LogP contribution < -0.4 is 10.1 Å². The number of benzene rings is 3. The minimum absolute atomic E-state index is 0.203. The summed E-state index contributed by atoms with van der Waals surface area (Å²) in [6.45, 7) is 4.18. The zero-order valence-electron chi connectivity index (χ0n) is 18.1. The van der Waals surface area contributed by atoms with Crippen molar-refractivity contribution in [1.82, 2.24) is 4.98 Å². The van der Waals surface area contributed by atoms with Crippen molar-refractivity contribution in [3.8, 4) is 11.8 Å². The number of fused-ring (bicyclic) bond motifs is 1. The molecule has 158 valence electrons. The van der Waals surface area contributed by atoms with Crippen LogP contribution in [0.1, 0.15) is 32.7 Å². The molecule has 0 saturated carbocycles. The number of aryl methyl sites for hydroxylation is 2. The van der Waals surface area contributed by atoms with Gasteiger partial charge in [-0.3, -0.25) is 9.78 Å². The van der Waals surface area contributed by atoms with Crippen molar-refractivity contribution < 1.29 is 9.53 Å². The Morgan fingerprint density at radius 2 is 1.81 bits per heavy atom. The highest BCUT2D eigenvalue weighted by Crippen LogP contribution is 2.22. The van der Waals surface area contributed by atoms with Gasteiger partial charge in [0.2, 0.25) is 0 Å². The van der Waals surface area contributed by atoms with Gasteiger partial charge >= 0.3 is 0 Å². The fourth-order valence-corrected chi connectivity index (χ4v) is 3.52. The molecule has 0 aliphatic rings. The summed E-state index contributed by atoms with van der Waals surface area (Å²) >= 11 is 0. The first-order valence-electron chi connectivity index (χ1n) is 10.4. The molecule has 0 aliphatic carbocycles. The fourth-order valence-electron chi connectivity index (χ4n) is 3.52. The molecule has 0 fully saturated rings. The number of rotatable bonds is 6. The van der Waals surface area contributed by atoms with E-state index in [0.29, 0.717) is 35.7 Å². The molecule has 1 heterocycles. The molecule has 1 amide bonds. The molecular formula is C27H23N3O2. The van der Waals surface area contributed by atoms with Gasteiger partial charge in [0.15, 0.2) is 0 Å². The van der Waals surface area contributed by atoms with E-state index in [-0.39, 0.29) is 5.91 Å². The Hall–Kier alpha value is -4.17. The molecule has 32 heavy (non-hydrogen) atoms. The number of nitriles is 1. The Morgan fingerprint density at radius 3 is 2.59 bits per heavy atom. The van der Waals surface area contributed by atoms with E-state index in [1.165, 1.54) is 0 Å². The van der Waals surface area contributed by atoms with Crippen LogP contribution in [0.15, 0.2) is 72.8 Å². The minimum atomic E-state index is -0.203. The van der Waals surface area contributed by atoms with Crippen molar-refractivity contribution in [3.63, 3.8) is 0 Å². The Bertz CT molecular complexity index is 1320. The first-order chi connectivity index (χ1) is 15.5. The number of aromatic nitrogens is 1. The molecule has 0 unspecified atom stereocenters. The molecule has 4 rings (SSSR count). The number of ether oxygens (including phenoxy) is 1. The van der Waals surface area contributed by atoms with Gasteiger partial charge in [-0.25, -0.2) is 0 Å². The second-order valence-electron chi connectivity index (χ2n) is 7.70. The lowest BCUT2D eigenvalue weighted by Gasteiger charge is -2.14. The number of para-hydroxylation sites is 1.